The fraction of sp³-hybridized carbons (Fsp3) is 0.154. The van der Waals surface area contributed by atoms with Crippen LogP contribution in [0, 0.1) is 0 Å². The molecule has 1 aromatic carbocycles. The molecule has 0 bridgehead atoms. The van der Waals surface area contributed by atoms with E-state index in [9.17, 15) is 4.79 Å². The van der Waals surface area contributed by atoms with E-state index in [0.717, 1.165) is 5.69 Å². The van der Waals surface area contributed by atoms with Gasteiger partial charge in [0, 0.05) is 10.9 Å². The smallest absolute Gasteiger partial charge is 0.408 e. The maximum Gasteiger partial charge on any atom is 0.417 e. The molecule has 98 valence electrons. The van der Waals surface area contributed by atoms with Crippen molar-refractivity contribution in [1.29, 1.82) is 0 Å². The molecule has 0 fully saturated rings. The number of benzene rings is 1. The lowest BCUT2D eigenvalue weighted by atomic mass is 10.2. The normalized spacial score (nSPS) is 12.7. The Morgan fingerprint density at radius 2 is 2.32 bits per heavy atom. The maximum atomic E-state index is 11.1. The molecule has 2 aromatic heterocycles. The molecule has 0 aliphatic heterocycles. The first kappa shape index (κ1) is 11.9. The van der Waals surface area contributed by atoms with Crippen molar-refractivity contribution in [1.82, 2.24) is 4.98 Å². The number of nitrogens with two attached hydrogens (primary N) is 1. The summed E-state index contributed by atoms with van der Waals surface area (Å²) in [5.74, 6) is -0.474. The van der Waals surface area contributed by atoms with E-state index in [1.165, 1.54) is 4.88 Å². The summed E-state index contributed by atoms with van der Waals surface area (Å²) in [5, 5.41) is 5.37. The Bertz CT molecular complexity index is 758. The quantitative estimate of drug-likeness (QED) is 0.642. The topological polar surface area (TPSA) is 84.0 Å². The van der Waals surface area contributed by atoms with Crippen molar-refractivity contribution in [3.05, 3.63) is 45.1 Å². The van der Waals surface area contributed by atoms with Gasteiger partial charge in [0.2, 0.25) is 0 Å². The molecular formula is C13H13N3O2S. The Kier molecular flexibility index (Phi) is 2.79. The Morgan fingerprint density at radius 3 is 3.05 bits per heavy atom. The highest BCUT2D eigenvalue weighted by atomic mass is 32.1. The maximum absolute atomic E-state index is 11.1. The van der Waals surface area contributed by atoms with Crippen molar-refractivity contribution >= 4 is 33.8 Å². The van der Waals surface area contributed by atoms with E-state index in [4.69, 9.17) is 10.2 Å². The number of rotatable bonds is 3. The fourth-order valence-corrected chi connectivity index (χ4v) is 2.71. The summed E-state index contributed by atoms with van der Waals surface area (Å²) in [6.45, 7) is 2.06. The third kappa shape index (κ3) is 2.22. The van der Waals surface area contributed by atoms with Gasteiger partial charge in [0.05, 0.1) is 22.9 Å². The molecule has 3 aromatic rings. The second-order valence-corrected chi connectivity index (χ2v) is 5.31. The summed E-state index contributed by atoms with van der Waals surface area (Å²) in [6, 6.07) is 7.67. The lowest BCUT2D eigenvalue weighted by Gasteiger charge is -2.15. The number of hydrogen-bond acceptors (Lipinski definition) is 5. The Labute approximate surface area is 113 Å². The second kappa shape index (κ2) is 4.47. The van der Waals surface area contributed by atoms with Gasteiger partial charge in [0.15, 0.2) is 5.58 Å². The predicted octanol–water partition coefficient (Wildman–Crippen LogP) is 2.94. The van der Waals surface area contributed by atoms with E-state index in [-0.39, 0.29) is 6.04 Å². The molecule has 0 aliphatic carbocycles. The van der Waals surface area contributed by atoms with Gasteiger partial charge in [0.25, 0.3) is 0 Å². The minimum Gasteiger partial charge on any atom is -0.408 e. The third-order valence-corrected chi connectivity index (χ3v) is 3.99. The highest BCUT2D eigenvalue weighted by Crippen LogP contribution is 2.29. The monoisotopic (exact) mass is 275 g/mol. The average molecular weight is 275 g/mol. The zero-order valence-corrected chi connectivity index (χ0v) is 11.1. The highest BCUT2D eigenvalue weighted by molar-refractivity contribution is 7.10. The van der Waals surface area contributed by atoms with Gasteiger partial charge in [-0.1, -0.05) is 6.07 Å². The molecule has 5 nitrogen and oxygen atoms in total. The summed E-state index contributed by atoms with van der Waals surface area (Å²) in [7, 11) is 0. The molecule has 0 saturated heterocycles. The van der Waals surface area contributed by atoms with Gasteiger partial charge in [-0.3, -0.25) is 4.98 Å². The number of nitrogen functional groups attached to an aromatic ring is 1. The van der Waals surface area contributed by atoms with Crippen LogP contribution in [-0.2, 0) is 0 Å². The lowest BCUT2D eigenvalue weighted by molar-refractivity contribution is 0.555. The van der Waals surface area contributed by atoms with E-state index in [1.807, 2.05) is 11.4 Å². The SMILES string of the molecule is CC(Nc1cc2[nH]c(=O)oc2cc1N)c1cccs1. The summed E-state index contributed by atoms with van der Waals surface area (Å²) < 4.78 is 4.96. The van der Waals surface area contributed by atoms with Crippen LogP contribution >= 0.6 is 11.3 Å². The largest absolute Gasteiger partial charge is 0.417 e. The van der Waals surface area contributed by atoms with Crippen LogP contribution in [0.1, 0.15) is 17.8 Å². The summed E-state index contributed by atoms with van der Waals surface area (Å²) >= 11 is 1.68. The number of nitrogens with one attached hydrogen (secondary N) is 2. The van der Waals surface area contributed by atoms with Crippen molar-refractivity contribution in [2.75, 3.05) is 11.1 Å². The van der Waals surface area contributed by atoms with Crippen LogP contribution < -0.4 is 16.8 Å². The molecule has 0 amide bonds. The molecule has 0 spiro atoms. The van der Waals surface area contributed by atoms with Crippen molar-refractivity contribution in [2.24, 2.45) is 0 Å². The number of fused-ring (bicyclic) bond motifs is 1. The Balaban J connectivity index is 1.96. The van der Waals surface area contributed by atoms with Crippen LogP contribution in [0.3, 0.4) is 0 Å². The molecular weight excluding hydrogens is 262 g/mol. The zero-order chi connectivity index (χ0) is 13.4. The summed E-state index contributed by atoms with van der Waals surface area (Å²) in [6.07, 6.45) is 0. The number of oxazole rings is 1. The second-order valence-electron chi connectivity index (χ2n) is 4.33. The summed E-state index contributed by atoms with van der Waals surface area (Å²) in [5.41, 5.74) is 8.41. The summed E-state index contributed by atoms with van der Waals surface area (Å²) in [4.78, 5) is 15.0. The van der Waals surface area contributed by atoms with Crippen molar-refractivity contribution in [3.63, 3.8) is 0 Å². The molecule has 19 heavy (non-hydrogen) atoms. The molecule has 1 atom stereocenters. The number of aromatic nitrogens is 1. The molecule has 0 saturated carbocycles. The number of H-pyrrole nitrogens is 1. The van der Waals surface area contributed by atoms with Gasteiger partial charge < -0.3 is 15.5 Å². The number of thiophene rings is 1. The fourth-order valence-electron chi connectivity index (χ4n) is 1.98. The van der Waals surface area contributed by atoms with Crippen LogP contribution in [0.25, 0.3) is 11.1 Å². The Hall–Kier alpha value is -2.21. The van der Waals surface area contributed by atoms with Crippen molar-refractivity contribution in [3.8, 4) is 0 Å². The van der Waals surface area contributed by atoms with Crippen LogP contribution in [0.2, 0.25) is 0 Å². The van der Waals surface area contributed by atoms with E-state index in [0.29, 0.717) is 16.8 Å². The van der Waals surface area contributed by atoms with Crippen LogP contribution in [0.15, 0.2) is 38.9 Å². The molecule has 0 radical (unpaired) electrons. The molecule has 1 unspecified atom stereocenters. The molecule has 0 aliphatic rings. The third-order valence-electron chi connectivity index (χ3n) is 2.93. The molecule has 4 N–H and O–H groups in total. The number of anilines is 2. The van der Waals surface area contributed by atoms with Crippen LogP contribution in [-0.4, -0.2) is 4.98 Å². The van der Waals surface area contributed by atoms with Crippen molar-refractivity contribution < 1.29 is 4.42 Å². The van der Waals surface area contributed by atoms with Gasteiger partial charge in [-0.25, -0.2) is 4.79 Å². The standard InChI is InChI=1S/C13H13N3O2S/c1-7(12-3-2-4-19-12)15-9-6-10-11(5-8(9)14)18-13(17)16-10/h2-7,15H,14H2,1H3,(H,16,17). The highest BCUT2D eigenvalue weighted by Gasteiger charge is 2.11. The zero-order valence-electron chi connectivity index (χ0n) is 10.3. The first-order chi connectivity index (χ1) is 9.13. The number of hydrogen-bond donors (Lipinski definition) is 3. The van der Waals surface area contributed by atoms with Gasteiger partial charge in [-0.05, 0) is 24.4 Å². The first-order valence-corrected chi connectivity index (χ1v) is 6.74. The van der Waals surface area contributed by atoms with Crippen LogP contribution in [0.5, 0.6) is 0 Å². The van der Waals surface area contributed by atoms with E-state index < -0.39 is 5.76 Å². The van der Waals surface area contributed by atoms with E-state index >= 15 is 0 Å². The predicted molar refractivity (Wildman–Crippen MR) is 77.6 cm³/mol. The van der Waals surface area contributed by atoms with Gasteiger partial charge in [-0.2, -0.15) is 0 Å². The van der Waals surface area contributed by atoms with Gasteiger partial charge >= 0.3 is 5.76 Å². The van der Waals surface area contributed by atoms with Crippen LogP contribution in [0.4, 0.5) is 11.4 Å². The minimum atomic E-state index is -0.474. The minimum absolute atomic E-state index is 0.151. The lowest BCUT2D eigenvalue weighted by Crippen LogP contribution is -2.06. The van der Waals surface area contributed by atoms with E-state index in [1.54, 1.807) is 23.5 Å². The molecule has 3 rings (SSSR count). The van der Waals surface area contributed by atoms with Gasteiger partial charge in [-0.15, -0.1) is 11.3 Å². The molecule has 6 heteroatoms. The number of aromatic amines is 1. The first-order valence-electron chi connectivity index (χ1n) is 5.86. The van der Waals surface area contributed by atoms with E-state index in [2.05, 4.69) is 23.3 Å². The van der Waals surface area contributed by atoms with Gasteiger partial charge in [0.1, 0.15) is 0 Å². The Morgan fingerprint density at radius 1 is 1.47 bits per heavy atom. The van der Waals surface area contributed by atoms with Crippen molar-refractivity contribution in [2.45, 2.75) is 13.0 Å². The average Bonchev–Trinajstić information content (AvgIpc) is 2.97. The molecule has 2 heterocycles.